The quantitative estimate of drug-likeness (QED) is 0.816. The summed E-state index contributed by atoms with van der Waals surface area (Å²) in [6, 6.07) is 0. The molecule has 2 fully saturated rings. The molecular formula is C13H25ClN2O. The summed E-state index contributed by atoms with van der Waals surface area (Å²) in [5.41, 5.74) is 0.0702. The first kappa shape index (κ1) is 14.8. The van der Waals surface area contributed by atoms with Gasteiger partial charge in [-0.2, -0.15) is 0 Å². The van der Waals surface area contributed by atoms with Crippen LogP contribution in [0.3, 0.4) is 0 Å². The standard InChI is InChI=1S/C13H24N2O.ClH/c1-10(11-8-14-9-11)12(16)15-13(2)6-4-3-5-7-13;/h10-11,14H,3-9H2,1-2H3,(H,15,16);1H. The molecule has 17 heavy (non-hydrogen) atoms. The average molecular weight is 261 g/mol. The topological polar surface area (TPSA) is 41.1 Å². The first-order valence-corrected chi connectivity index (χ1v) is 6.63. The molecule has 0 aromatic rings. The molecule has 1 amide bonds. The molecule has 4 heteroatoms. The molecule has 2 aliphatic rings. The number of halogens is 1. The van der Waals surface area contributed by atoms with Crippen molar-refractivity contribution in [3.8, 4) is 0 Å². The zero-order chi connectivity index (χ0) is 11.6. The summed E-state index contributed by atoms with van der Waals surface area (Å²) in [4.78, 5) is 12.1. The maximum absolute atomic E-state index is 12.1. The Morgan fingerprint density at radius 1 is 1.29 bits per heavy atom. The highest BCUT2D eigenvalue weighted by Crippen LogP contribution is 2.28. The van der Waals surface area contributed by atoms with Gasteiger partial charge in [-0.25, -0.2) is 0 Å². The fourth-order valence-electron chi connectivity index (χ4n) is 2.75. The van der Waals surface area contributed by atoms with Crippen molar-refractivity contribution >= 4 is 18.3 Å². The van der Waals surface area contributed by atoms with Gasteiger partial charge in [0.2, 0.25) is 5.91 Å². The summed E-state index contributed by atoms with van der Waals surface area (Å²) in [6.45, 7) is 6.28. The van der Waals surface area contributed by atoms with Crippen LogP contribution in [0.1, 0.15) is 46.0 Å². The monoisotopic (exact) mass is 260 g/mol. The third kappa shape index (κ3) is 3.59. The van der Waals surface area contributed by atoms with Crippen molar-refractivity contribution in [3.05, 3.63) is 0 Å². The van der Waals surface area contributed by atoms with Gasteiger partial charge >= 0.3 is 0 Å². The summed E-state index contributed by atoms with van der Waals surface area (Å²) in [6.07, 6.45) is 6.14. The second-order valence-electron chi connectivity index (χ2n) is 5.82. The number of hydrogen-bond acceptors (Lipinski definition) is 2. The second-order valence-corrected chi connectivity index (χ2v) is 5.82. The van der Waals surface area contributed by atoms with Crippen LogP contribution in [-0.2, 0) is 4.79 Å². The van der Waals surface area contributed by atoms with Crippen molar-refractivity contribution in [2.24, 2.45) is 11.8 Å². The summed E-state index contributed by atoms with van der Waals surface area (Å²) in [5, 5.41) is 6.51. The molecule has 1 saturated heterocycles. The summed E-state index contributed by atoms with van der Waals surface area (Å²) in [5.74, 6) is 0.975. The Balaban J connectivity index is 0.00000144. The second kappa shape index (κ2) is 6.05. The van der Waals surface area contributed by atoms with Gasteiger partial charge in [0.1, 0.15) is 0 Å². The van der Waals surface area contributed by atoms with E-state index in [0.717, 1.165) is 25.9 Å². The first-order chi connectivity index (χ1) is 7.61. The zero-order valence-corrected chi connectivity index (χ0v) is 11.7. The molecule has 0 radical (unpaired) electrons. The number of nitrogens with one attached hydrogen (secondary N) is 2. The number of carbonyl (C=O) groups excluding carboxylic acids is 1. The number of amides is 1. The molecule has 2 rings (SSSR count). The highest BCUT2D eigenvalue weighted by atomic mass is 35.5. The van der Waals surface area contributed by atoms with E-state index in [-0.39, 0.29) is 29.8 Å². The van der Waals surface area contributed by atoms with E-state index in [1.54, 1.807) is 0 Å². The number of carbonyl (C=O) groups is 1. The molecule has 1 aliphatic carbocycles. The third-order valence-electron chi connectivity index (χ3n) is 4.32. The molecule has 1 unspecified atom stereocenters. The fraction of sp³-hybridized carbons (Fsp3) is 0.923. The molecule has 1 heterocycles. The minimum absolute atomic E-state index is 0. The zero-order valence-electron chi connectivity index (χ0n) is 10.9. The molecule has 100 valence electrons. The van der Waals surface area contributed by atoms with Crippen molar-refractivity contribution in [1.29, 1.82) is 0 Å². The molecule has 0 spiro atoms. The van der Waals surface area contributed by atoms with Crippen LogP contribution >= 0.6 is 12.4 Å². The highest BCUT2D eigenvalue weighted by Gasteiger charge is 2.34. The van der Waals surface area contributed by atoms with E-state index in [9.17, 15) is 4.79 Å². The first-order valence-electron chi connectivity index (χ1n) is 6.63. The largest absolute Gasteiger partial charge is 0.351 e. The van der Waals surface area contributed by atoms with E-state index in [2.05, 4.69) is 24.5 Å². The molecular weight excluding hydrogens is 236 g/mol. The van der Waals surface area contributed by atoms with Gasteiger partial charge in [-0.1, -0.05) is 26.2 Å². The Hall–Kier alpha value is -0.280. The van der Waals surface area contributed by atoms with Gasteiger partial charge in [0.15, 0.2) is 0 Å². The lowest BCUT2D eigenvalue weighted by molar-refractivity contribution is -0.128. The molecule has 0 aromatic heterocycles. The maximum Gasteiger partial charge on any atom is 0.223 e. The third-order valence-corrected chi connectivity index (χ3v) is 4.32. The maximum atomic E-state index is 12.1. The van der Waals surface area contributed by atoms with E-state index in [0.29, 0.717) is 5.92 Å². The Morgan fingerprint density at radius 2 is 1.88 bits per heavy atom. The van der Waals surface area contributed by atoms with Gasteiger partial charge in [0.05, 0.1) is 0 Å². The van der Waals surface area contributed by atoms with Crippen LogP contribution in [0.4, 0.5) is 0 Å². The van der Waals surface area contributed by atoms with Crippen molar-refractivity contribution < 1.29 is 4.79 Å². The van der Waals surface area contributed by atoms with E-state index in [4.69, 9.17) is 0 Å². The smallest absolute Gasteiger partial charge is 0.223 e. The Kier molecular flexibility index (Phi) is 5.26. The lowest BCUT2D eigenvalue weighted by Crippen LogP contribution is -2.54. The van der Waals surface area contributed by atoms with Crippen LogP contribution in [0.5, 0.6) is 0 Å². The van der Waals surface area contributed by atoms with Crippen LogP contribution in [0, 0.1) is 11.8 Å². The van der Waals surface area contributed by atoms with Gasteiger partial charge in [-0.15, -0.1) is 12.4 Å². The average Bonchev–Trinajstić information content (AvgIpc) is 2.15. The van der Waals surface area contributed by atoms with Crippen molar-refractivity contribution in [2.45, 2.75) is 51.5 Å². The lowest BCUT2D eigenvalue weighted by Gasteiger charge is -2.38. The predicted molar refractivity (Wildman–Crippen MR) is 72.4 cm³/mol. The van der Waals surface area contributed by atoms with E-state index in [1.807, 2.05) is 0 Å². The van der Waals surface area contributed by atoms with Gasteiger partial charge in [0.25, 0.3) is 0 Å². The minimum Gasteiger partial charge on any atom is -0.351 e. The summed E-state index contributed by atoms with van der Waals surface area (Å²) >= 11 is 0. The predicted octanol–water partition coefficient (Wildman–Crippen LogP) is 2.10. The van der Waals surface area contributed by atoms with Crippen LogP contribution in [0.25, 0.3) is 0 Å². The highest BCUT2D eigenvalue weighted by molar-refractivity contribution is 5.85. The van der Waals surface area contributed by atoms with Gasteiger partial charge in [0, 0.05) is 11.5 Å². The normalized spacial score (nSPS) is 25.3. The van der Waals surface area contributed by atoms with E-state index < -0.39 is 0 Å². The fourth-order valence-corrected chi connectivity index (χ4v) is 2.75. The van der Waals surface area contributed by atoms with Crippen molar-refractivity contribution in [1.82, 2.24) is 10.6 Å². The molecule has 1 saturated carbocycles. The SMILES string of the molecule is CC(C(=O)NC1(C)CCCCC1)C1CNC1.Cl. The van der Waals surface area contributed by atoms with Crippen molar-refractivity contribution in [2.75, 3.05) is 13.1 Å². The minimum atomic E-state index is 0. The summed E-state index contributed by atoms with van der Waals surface area (Å²) < 4.78 is 0. The van der Waals surface area contributed by atoms with Crippen LogP contribution in [0.15, 0.2) is 0 Å². The Morgan fingerprint density at radius 3 is 2.35 bits per heavy atom. The van der Waals surface area contributed by atoms with Crippen molar-refractivity contribution in [3.63, 3.8) is 0 Å². The Labute approximate surface area is 111 Å². The van der Waals surface area contributed by atoms with Crippen LogP contribution in [0.2, 0.25) is 0 Å². The van der Waals surface area contributed by atoms with Gasteiger partial charge in [-0.3, -0.25) is 4.79 Å². The molecule has 3 nitrogen and oxygen atoms in total. The Bertz CT molecular complexity index is 260. The van der Waals surface area contributed by atoms with E-state index >= 15 is 0 Å². The molecule has 1 atom stereocenters. The summed E-state index contributed by atoms with van der Waals surface area (Å²) in [7, 11) is 0. The molecule has 0 aromatic carbocycles. The molecule has 2 N–H and O–H groups in total. The van der Waals surface area contributed by atoms with Crippen LogP contribution in [-0.4, -0.2) is 24.5 Å². The number of hydrogen-bond donors (Lipinski definition) is 2. The van der Waals surface area contributed by atoms with Crippen LogP contribution < -0.4 is 10.6 Å². The molecule has 1 aliphatic heterocycles. The van der Waals surface area contributed by atoms with Gasteiger partial charge in [-0.05, 0) is 38.8 Å². The lowest BCUT2D eigenvalue weighted by atomic mass is 9.81. The van der Waals surface area contributed by atoms with E-state index in [1.165, 1.54) is 19.3 Å². The molecule has 0 bridgehead atoms. The number of rotatable bonds is 3. The van der Waals surface area contributed by atoms with Gasteiger partial charge < -0.3 is 10.6 Å².